The van der Waals surface area contributed by atoms with Crippen LogP contribution in [0.3, 0.4) is 0 Å². The van der Waals surface area contributed by atoms with Crippen molar-refractivity contribution in [3.63, 3.8) is 0 Å². The van der Waals surface area contributed by atoms with Crippen LogP contribution in [0.25, 0.3) is 0 Å². The summed E-state index contributed by atoms with van der Waals surface area (Å²) in [6, 6.07) is 15.7. The maximum absolute atomic E-state index is 13.0. The second kappa shape index (κ2) is 10.1. The van der Waals surface area contributed by atoms with Crippen molar-refractivity contribution in [3.8, 4) is 5.75 Å². The summed E-state index contributed by atoms with van der Waals surface area (Å²) in [6.07, 6.45) is 0.849. The highest BCUT2D eigenvalue weighted by molar-refractivity contribution is 6.31. The Labute approximate surface area is 185 Å². The average molecular weight is 457 g/mol. The van der Waals surface area contributed by atoms with E-state index in [9.17, 15) is 4.79 Å². The predicted octanol–water partition coefficient (Wildman–Crippen LogP) is 6.70. The van der Waals surface area contributed by atoms with E-state index in [0.717, 1.165) is 5.56 Å². The Morgan fingerprint density at radius 2 is 1.68 bits per heavy atom. The molecule has 3 aromatic rings. The fraction of sp³-hybridized carbons (Fsp3) is 0.143. The van der Waals surface area contributed by atoms with Gasteiger partial charge in [-0.1, -0.05) is 46.9 Å². The number of hydrogen-bond donors (Lipinski definition) is 0. The number of benzene rings is 2. The SMILES string of the molecule is Cc1cc(OC(C(=O)Cc2ccc(Cl)cn2)c2ccc(Cl)cc2)ccc1Cl.Cl. The molecular weight excluding hydrogens is 440 g/mol. The number of ether oxygens (including phenoxy) is 1. The van der Waals surface area contributed by atoms with Gasteiger partial charge in [-0.3, -0.25) is 9.78 Å². The highest BCUT2D eigenvalue weighted by Gasteiger charge is 2.23. The zero-order chi connectivity index (χ0) is 19.4. The lowest BCUT2D eigenvalue weighted by atomic mass is 10.0. The van der Waals surface area contributed by atoms with Crippen molar-refractivity contribution in [2.45, 2.75) is 19.4 Å². The molecule has 0 aliphatic carbocycles. The van der Waals surface area contributed by atoms with E-state index in [-0.39, 0.29) is 24.6 Å². The van der Waals surface area contributed by atoms with Gasteiger partial charge in [0.1, 0.15) is 5.75 Å². The van der Waals surface area contributed by atoms with Gasteiger partial charge >= 0.3 is 0 Å². The molecule has 146 valence electrons. The number of aryl methyl sites for hydroxylation is 1. The summed E-state index contributed by atoms with van der Waals surface area (Å²) in [5, 5.41) is 1.75. The Bertz CT molecular complexity index is 944. The monoisotopic (exact) mass is 455 g/mol. The van der Waals surface area contributed by atoms with E-state index in [4.69, 9.17) is 39.5 Å². The molecule has 1 aromatic heterocycles. The quantitative estimate of drug-likeness (QED) is 0.414. The second-order valence-corrected chi connectivity index (χ2v) is 7.35. The van der Waals surface area contributed by atoms with Crippen LogP contribution in [-0.4, -0.2) is 10.8 Å². The van der Waals surface area contributed by atoms with Crippen LogP contribution in [0.15, 0.2) is 60.8 Å². The first-order valence-electron chi connectivity index (χ1n) is 8.24. The lowest BCUT2D eigenvalue weighted by molar-refractivity contribution is -0.125. The molecule has 3 nitrogen and oxygen atoms in total. The molecule has 0 saturated carbocycles. The van der Waals surface area contributed by atoms with Gasteiger partial charge in [-0.25, -0.2) is 0 Å². The van der Waals surface area contributed by atoms with E-state index in [0.29, 0.717) is 32.1 Å². The van der Waals surface area contributed by atoms with Gasteiger partial charge in [0.05, 0.1) is 11.4 Å². The Balaban J connectivity index is 0.00000280. The Hall–Kier alpha value is -1.78. The number of pyridine rings is 1. The molecule has 1 unspecified atom stereocenters. The van der Waals surface area contributed by atoms with E-state index in [1.807, 2.05) is 6.92 Å². The van der Waals surface area contributed by atoms with Gasteiger partial charge in [-0.15, -0.1) is 12.4 Å². The van der Waals surface area contributed by atoms with Gasteiger partial charge in [0.25, 0.3) is 0 Å². The van der Waals surface area contributed by atoms with Crippen LogP contribution in [0.2, 0.25) is 15.1 Å². The molecule has 0 aliphatic heterocycles. The minimum atomic E-state index is -0.791. The van der Waals surface area contributed by atoms with Crippen LogP contribution < -0.4 is 4.74 Å². The summed E-state index contributed by atoms with van der Waals surface area (Å²) in [5.41, 5.74) is 2.21. The van der Waals surface area contributed by atoms with E-state index in [2.05, 4.69) is 4.98 Å². The summed E-state index contributed by atoms with van der Waals surface area (Å²) in [4.78, 5) is 17.2. The molecular formula is C21H17Cl4NO2. The topological polar surface area (TPSA) is 39.2 Å². The maximum atomic E-state index is 13.0. The summed E-state index contributed by atoms with van der Waals surface area (Å²) in [6.45, 7) is 1.88. The van der Waals surface area contributed by atoms with E-state index < -0.39 is 6.10 Å². The lowest BCUT2D eigenvalue weighted by Gasteiger charge is -2.19. The Morgan fingerprint density at radius 3 is 2.29 bits per heavy atom. The van der Waals surface area contributed by atoms with Gasteiger partial charge in [0.2, 0.25) is 0 Å². The summed E-state index contributed by atoms with van der Waals surface area (Å²) in [5.74, 6) is 0.439. The number of aromatic nitrogens is 1. The molecule has 0 saturated heterocycles. The van der Waals surface area contributed by atoms with Crippen molar-refractivity contribution in [1.29, 1.82) is 0 Å². The third kappa shape index (κ3) is 5.86. The molecule has 0 spiro atoms. The fourth-order valence-corrected chi connectivity index (χ4v) is 2.92. The summed E-state index contributed by atoms with van der Waals surface area (Å²) < 4.78 is 6.03. The molecule has 0 N–H and O–H groups in total. The summed E-state index contributed by atoms with van der Waals surface area (Å²) in [7, 11) is 0. The first-order chi connectivity index (χ1) is 12.9. The molecule has 28 heavy (non-hydrogen) atoms. The van der Waals surface area contributed by atoms with Crippen LogP contribution in [-0.2, 0) is 11.2 Å². The van der Waals surface area contributed by atoms with Crippen LogP contribution in [0.5, 0.6) is 5.75 Å². The van der Waals surface area contributed by atoms with Crippen molar-refractivity contribution in [1.82, 2.24) is 4.98 Å². The van der Waals surface area contributed by atoms with Crippen molar-refractivity contribution < 1.29 is 9.53 Å². The van der Waals surface area contributed by atoms with Crippen molar-refractivity contribution in [3.05, 3.63) is 92.7 Å². The smallest absolute Gasteiger partial charge is 0.183 e. The van der Waals surface area contributed by atoms with Crippen LogP contribution >= 0.6 is 47.2 Å². The minimum absolute atomic E-state index is 0. The Kier molecular flexibility index (Phi) is 8.14. The first kappa shape index (κ1) is 22.5. The predicted molar refractivity (Wildman–Crippen MR) is 116 cm³/mol. The average Bonchev–Trinajstić information content (AvgIpc) is 2.65. The van der Waals surface area contributed by atoms with Gasteiger partial charge in [0, 0.05) is 21.9 Å². The zero-order valence-corrected chi connectivity index (χ0v) is 17.9. The molecule has 1 atom stereocenters. The molecule has 0 bridgehead atoms. The highest BCUT2D eigenvalue weighted by atomic mass is 35.5. The number of rotatable bonds is 6. The molecule has 0 aliphatic rings. The van der Waals surface area contributed by atoms with E-state index in [1.54, 1.807) is 54.6 Å². The third-order valence-corrected chi connectivity index (χ3v) is 4.89. The number of nitrogens with zero attached hydrogens (tertiary/aromatic N) is 1. The molecule has 2 aromatic carbocycles. The van der Waals surface area contributed by atoms with Crippen LogP contribution in [0.1, 0.15) is 22.9 Å². The van der Waals surface area contributed by atoms with Gasteiger partial charge in [-0.2, -0.15) is 0 Å². The normalized spacial score (nSPS) is 11.4. The maximum Gasteiger partial charge on any atom is 0.183 e. The van der Waals surface area contributed by atoms with Crippen LogP contribution in [0, 0.1) is 6.92 Å². The van der Waals surface area contributed by atoms with Gasteiger partial charge in [-0.05, 0) is 60.5 Å². The molecule has 3 rings (SSSR count). The lowest BCUT2D eigenvalue weighted by Crippen LogP contribution is -2.21. The zero-order valence-electron chi connectivity index (χ0n) is 14.9. The largest absolute Gasteiger partial charge is 0.478 e. The number of hydrogen-bond acceptors (Lipinski definition) is 3. The van der Waals surface area contributed by atoms with E-state index >= 15 is 0 Å². The molecule has 7 heteroatoms. The molecule has 0 amide bonds. The highest BCUT2D eigenvalue weighted by Crippen LogP contribution is 2.28. The number of Topliss-reactive ketones (excluding diaryl/α,β-unsaturated/α-hetero) is 1. The number of carbonyl (C=O) groups is 1. The first-order valence-corrected chi connectivity index (χ1v) is 9.37. The van der Waals surface area contributed by atoms with Crippen molar-refractivity contribution >= 4 is 53.0 Å². The number of halogens is 4. The molecule has 1 heterocycles. The number of ketones is 1. The van der Waals surface area contributed by atoms with Gasteiger partial charge in [0.15, 0.2) is 11.9 Å². The Morgan fingerprint density at radius 1 is 1.00 bits per heavy atom. The minimum Gasteiger partial charge on any atom is -0.478 e. The molecule has 0 fully saturated rings. The number of carbonyl (C=O) groups excluding carboxylic acids is 1. The van der Waals surface area contributed by atoms with Crippen molar-refractivity contribution in [2.75, 3.05) is 0 Å². The van der Waals surface area contributed by atoms with Crippen LogP contribution in [0.4, 0.5) is 0 Å². The second-order valence-electron chi connectivity index (χ2n) is 6.07. The third-order valence-electron chi connectivity index (χ3n) is 3.99. The van der Waals surface area contributed by atoms with Crippen molar-refractivity contribution in [2.24, 2.45) is 0 Å². The summed E-state index contributed by atoms with van der Waals surface area (Å²) >= 11 is 17.9. The fourth-order valence-electron chi connectivity index (χ4n) is 2.57. The van der Waals surface area contributed by atoms with E-state index in [1.165, 1.54) is 6.20 Å². The standard InChI is InChI=1S/C21H16Cl3NO2.ClH/c1-13-10-18(8-9-19(13)24)27-21(14-2-4-15(22)5-3-14)20(26)11-17-7-6-16(23)12-25-17;/h2-10,12,21H,11H2,1H3;1H. The molecule has 0 radical (unpaired) electrons. The van der Waals surface area contributed by atoms with Gasteiger partial charge < -0.3 is 4.74 Å².